The number of anilines is 1. The Hall–Kier alpha value is -1.53. The van der Waals surface area contributed by atoms with E-state index in [1.54, 1.807) is 13.0 Å². The molecule has 120 valence electrons. The van der Waals surface area contributed by atoms with E-state index in [-0.39, 0.29) is 11.8 Å². The molecule has 0 unspecified atom stereocenters. The number of benzene rings is 1. The second-order valence-electron chi connectivity index (χ2n) is 5.30. The number of rotatable bonds is 4. The van der Waals surface area contributed by atoms with Crippen molar-refractivity contribution in [1.82, 2.24) is 4.90 Å². The number of nitrogens with zero attached hydrogens (tertiary/aromatic N) is 1. The van der Waals surface area contributed by atoms with Gasteiger partial charge < -0.3 is 15.0 Å². The van der Waals surface area contributed by atoms with Crippen LogP contribution < -0.4 is 5.32 Å². The molecule has 1 fully saturated rings. The van der Waals surface area contributed by atoms with E-state index < -0.39 is 6.10 Å². The van der Waals surface area contributed by atoms with Crippen LogP contribution in [0.2, 0.25) is 0 Å². The summed E-state index contributed by atoms with van der Waals surface area (Å²) in [5, 5.41) is 2.82. The first kappa shape index (κ1) is 16.8. The van der Waals surface area contributed by atoms with Gasteiger partial charge in [-0.25, -0.2) is 0 Å². The number of hydrogen-bond donors (Lipinski definition) is 1. The quantitative estimate of drug-likeness (QED) is 0.923. The fourth-order valence-electron chi connectivity index (χ4n) is 2.18. The largest absolute Gasteiger partial charge is 0.372 e. The van der Waals surface area contributed by atoms with Gasteiger partial charge in [0.25, 0.3) is 11.8 Å². The highest BCUT2D eigenvalue weighted by molar-refractivity contribution is 7.99. The molecular formula is C16H22N2O3S. The van der Waals surface area contributed by atoms with E-state index in [0.717, 1.165) is 30.2 Å². The molecule has 1 aromatic carbocycles. The Bertz CT molecular complexity index is 556. The van der Waals surface area contributed by atoms with Gasteiger partial charge in [0, 0.05) is 43.0 Å². The Morgan fingerprint density at radius 3 is 2.64 bits per heavy atom. The molecule has 1 N–H and O–H groups in total. The van der Waals surface area contributed by atoms with Gasteiger partial charge in [-0.2, -0.15) is 11.8 Å². The third-order valence-electron chi connectivity index (χ3n) is 3.76. The second-order valence-corrected chi connectivity index (χ2v) is 6.53. The Morgan fingerprint density at radius 1 is 1.32 bits per heavy atom. The predicted octanol–water partition coefficient (Wildman–Crippen LogP) is 2.16. The number of carbonyl (C=O) groups is 2. The number of methoxy groups -OCH3 is 1. The van der Waals surface area contributed by atoms with Crippen LogP contribution in [-0.2, 0) is 9.53 Å². The maximum absolute atomic E-state index is 12.5. The zero-order chi connectivity index (χ0) is 16.1. The molecule has 2 amide bonds. The summed E-state index contributed by atoms with van der Waals surface area (Å²) >= 11 is 1.87. The van der Waals surface area contributed by atoms with Gasteiger partial charge in [-0.3, -0.25) is 9.59 Å². The average Bonchev–Trinajstić information content (AvgIpc) is 2.56. The van der Waals surface area contributed by atoms with Gasteiger partial charge in [-0.15, -0.1) is 0 Å². The lowest BCUT2D eigenvalue weighted by atomic mass is 10.1. The lowest BCUT2D eigenvalue weighted by molar-refractivity contribution is -0.124. The van der Waals surface area contributed by atoms with Crippen molar-refractivity contribution in [1.29, 1.82) is 0 Å². The van der Waals surface area contributed by atoms with Crippen LogP contribution in [-0.4, -0.2) is 54.5 Å². The van der Waals surface area contributed by atoms with Crippen molar-refractivity contribution >= 4 is 29.3 Å². The molecule has 2 rings (SSSR count). The summed E-state index contributed by atoms with van der Waals surface area (Å²) < 4.78 is 5.01. The van der Waals surface area contributed by atoms with Crippen LogP contribution in [0.1, 0.15) is 22.8 Å². The Balaban J connectivity index is 2.15. The van der Waals surface area contributed by atoms with Gasteiger partial charge in [0.1, 0.15) is 6.10 Å². The SMILES string of the molecule is CO[C@@H](C)C(=O)Nc1cc(C(=O)N2CCSCC2)ccc1C. The van der Waals surface area contributed by atoms with Crippen LogP contribution in [0.3, 0.4) is 0 Å². The molecule has 1 aliphatic rings. The molecule has 0 spiro atoms. The first-order valence-corrected chi connectivity index (χ1v) is 8.49. The first-order chi connectivity index (χ1) is 10.5. The maximum atomic E-state index is 12.5. The number of carbonyl (C=O) groups excluding carboxylic acids is 2. The van der Waals surface area contributed by atoms with Crippen LogP contribution in [0.5, 0.6) is 0 Å². The molecule has 1 saturated heterocycles. The summed E-state index contributed by atoms with van der Waals surface area (Å²) in [5.74, 6) is 1.76. The lowest BCUT2D eigenvalue weighted by Crippen LogP contribution is -2.38. The van der Waals surface area contributed by atoms with Crippen molar-refractivity contribution in [2.75, 3.05) is 37.0 Å². The zero-order valence-electron chi connectivity index (χ0n) is 13.2. The maximum Gasteiger partial charge on any atom is 0.253 e. The fourth-order valence-corrected chi connectivity index (χ4v) is 3.08. The molecule has 5 nitrogen and oxygen atoms in total. The highest BCUT2D eigenvalue weighted by Crippen LogP contribution is 2.20. The minimum Gasteiger partial charge on any atom is -0.372 e. The van der Waals surface area contributed by atoms with Gasteiger partial charge in [0.2, 0.25) is 0 Å². The van der Waals surface area contributed by atoms with Crippen molar-refractivity contribution in [3.8, 4) is 0 Å². The highest BCUT2D eigenvalue weighted by atomic mass is 32.2. The number of aryl methyl sites for hydroxylation is 1. The van der Waals surface area contributed by atoms with Crippen LogP contribution in [0.25, 0.3) is 0 Å². The molecule has 0 aromatic heterocycles. The number of ether oxygens (including phenoxy) is 1. The normalized spacial score (nSPS) is 16.2. The first-order valence-electron chi connectivity index (χ1n) is 7.34. The Labute approximate surface area is 135 Å². The van der Waals surface area contributed by atoms with E-state index in [2.05, 4.69) is 5.32 Å². The highest BCUT2D eigenvalue weighted by Gasteiger charge is 2.20. The third kappa shape index (κ3) is 4.01. The van der Waals surface area contributed by atoms with Gasteiger partial charge in [-0.1, -0.05) is 6.07 Å². The summed E-state index contributed by atoms with van der Waals surface area (Å²) in [6, 6.07) is 5.42. The summed E-state index contributed by atoms with van der Waals surface area (Å²) in [6.07, 6.45) is -0.530. The molecule has 1 heterocycles. The minimum absolute atomic E-state index is 0.0237. The number of nitrogens with one attached hydrogen (secondary N) is 1. The minimum atomic E-state index is -0.530. The lowest BCUT2D eigenvalue weighted by Gasteiger charge is -2.26. The van der Waals surface area contributed by atoms with E-state index in [1.807, 2.05) is 35.7 Å². The van der Waals surface area contributed by atoms with E-state index in [9.17, 15) is 9.59 Å². The Kier molecular flexibility index (Phi) is 5.85. The summed E-state index contributed by atoms with van der Waals surface area (Å²) in [6.45, 7) is 5.14. The predicted molar refractivity (Wildman–Crippen MR) is 89.5 cm³/mol. The van der Waals surface area contributed by atoms with E-state index in [0.29, 0.717) is 11.3 Å². The van der Waals surface area contributed by atoms with Gasteiger partial charge in [0.15, 0.2) is 0 Å². The van der Waals surface area contributed by atoms with Crippen molar-refractivity contribution in [3.05, 3.63) is 29.3 Å². The van der Waals surface area contributed by atoms with Crippen molar-refractivity contribution in [2.45, 2.75) is 20.0 Å². The summed E-state index contributed by atoms with van der Waals surface area (Å²) in [5.41, 5.74) is 2.19. The number of amides is 2. The molecule has 22 heavy (non-hydrogen) atoms. The van der Waals surface area contributed by atoms with Crippen molar-refractivity contribution < 1.29 is 14.3 Å². The van der Waals surface area contributed by atoms with Crippen LogP contribution in [0, 0.1) is 6.92 Å². The van der Waals surface area contributed by atoms with Crippen molar-refractivity contribution in [2.24, 2.45) is 0 Å². The van der Waals surface area contributed by atoms with Crippen LogP contribution >= 0.6 is 11.8 Å². The number of thioether (sulfide) groups is 1. The van der Waals surface area contributed by atoms with Gasteiger partial charge in [0.05, 0.1) is 0 Å². The monoisotopic (exact) mass is 322 g/mol. The molecule has 6 heteroatoms. The Morgan fingerprint density at radius 2 is 2.00 bits per heavy atom. The molecule has 0 aliphatic carbocycles. The standard InChI is InChI=1S/C16H22N2O3S/c1-11-4-5-13(16(20)18-6-8-22-9-7-18)10-14(11)17-15(19)12(2)21-3/h4-5,10,12H,6-9H2,1-3H3,(H,17,19)/t12-/m0/s1. The molecule has 1 atom stereocenters. The fraction of sp³-hybridized carbons (Fsp3) is 0.500. The second kappa shape index (κ2) is 7.65. The molecule has 0 saturated carbocycles. The van der Waals surface area contributed by atoms with Crippen LogP contribution in [0.4, 0.5) is 5.69 Å². The van der Waals surface area contributed by atoms with E-state index in [1.165, 1.54) is 7.11 Å². The smallest absolute Gasteiger partial charge is 0.253 e. The average molecular weight is 322 g/mol. The molecular weight excluding hydrogens is 300 g/mol. The van der Waals surface area contributed by atoms with E-state index >= 15 is 0 Å². The molecule has 0 radical (unpaired) electrons. The van der Waals surface area contributed by atoms with Gasteiger partial charge in [-0.05, 0) is 31.5 Å². The molecule has 0 bridgehead atoms. The van der Waals surface area contributed by atoms with E-state index in [4.69, 9.17) is 4.74 Å². The summed E-state index contributed by atoms with van der Waals surface area (Å²) in [4.78, 5) is 26.3. The van der Waals surface area contributed by atoms with Gasteiger partial charge >= 0.3 is 0 Å². The molecule has 1 aromatic rings. The zero-order valence-corrected chi connectivity index (χ0v) is 14.0. The van der Waals surface area contributed by atoms with Crippen molar-refractivity contribution in [3.63, 3.8) is 0 Å². The molecule has 1 aliphatic heterocycles. The number of hydrogen-bond acceptors (Lipinski definition) is 4. The third-order valence-corrected chi connectivity index (χ3v) is 4.71. The topological polar surface area (TPSA) is 58.6 Å². The van der Waals surface area contributed by atoms with Crippen LogP contribution in [0.15, 0.2) is 18.2 Å². The summed E-state index contributed by atoms with van der Waals surface area (Å²) in [7, 11) is 1.49.